The lowest BCUT2D eigenvalue weighted by atomic mass is 9.98. The first-order valence-corrected chi connectivity index (χ1v) is 9.43. The molecule has 140 valence electrons. The van der Waals surface area contributed by atoms with Crippen molar-refractivity contribution in [3.8, 4) is 0 Å². The molecule has 0 aromatic heterocycles. The molecule has 2 N–H and O–H groups in total. The SMILES string of the molecule is CSC(=N[C@@H](C)c1ccccc1C(C)(F)F)NC(=O)C(C)CCCO. The average Bonchev–Trinajstić information content (AvgIpc) is 2.57. The van der Waals surface area contributed by atoms with Crippen LogP contribution in [0.2, 0.25) is 0 Å². The first kappa shape index (κ1) is 21.6. The summed E-state index contributed by atoms with van der Waals surface area (Å²) in [5, 5.41) is 12.0. The highest BCUT2D eigenvalue weighted by molar-refractivity contribution is 8.13. The minimum absolute atomic E-state index is 0.0418. The van der Waals surface area contributed by atoms with Gasteiger partial charge in [-0.25, -0.2) is 8.78 Å². The predicted octanol–water partition coefficient (Wildman–Crippen LogP) is 4.10. The van der Waals surface area contributed by atoms with Crippen LogP contribution < -0.4 is 5.32 Å². The largest absolute Gasteiger partial charge is 0.396 e. The van der Waals surface area contributed by atoms with Crippen molar-refractivity contribution in [2.75, 3.05) is 12.9 Å². The van der Waals surface area contributed by atoms with Crippen LogP contribution in [0.4, 0.5) is 8.78 Å². The molecule has 0 aliphatic carbocycles. The fourth-order valence-electron chi connectivity index (χ4n) is 2.40. The van der Waals surface area contributed by atoms with E-state index in [0.29, 0.717) is 23.6 Å². The second kappa shape index (κ2) is 9.87. The van der Waals surface area contributed by atoms with E-state index in [1.165, 1.54) is 17.8 Å². The van der Waals surface area contributed by atoms with Gasteiger partial charge in [0.25, 0.3) is 5.92 Å². The zero-order valence-corrected chi connectivity index (χ0v) is 15.9. The number of rotatable bonds is 7. The van der Waals surface area contributed by atoms with Gasteiger partial charge in [0.1, 0.15) is 0 Å². The van der Waals surface area contributed by atoms with Crippen LogP contribution in [0.15, 0.2) is 29.3 Å². The van der Waals surface area contributed by atoms with Crippen LogP contribution in [0.1, 0.15) is 50.8 Å². The number of amides is 1. The number of nitrogens with zero attached hydrogens (tertiary/aromatic N) is 1. The molecule has 0 fully saturated rings. The lowest BCUT2D eigenvalue weighted by Gasteiger charge is -2.19. The Balaban J connectivity index is 2.94. The van der Waals surface area contributed by atoms with E-state index in [-0.39, 0.29) is 24.0 Å². The third kappa shape index (κ3) is 6.74. The number of thioether (sulfide) groups is 1. The Morgan fingerprint density at radius 2 is 2.00 bits per heavy atom. The van der Waals surface area contributed by atoms with Crippen molar-refractivity contribution >= 4 is 22.8 Å². The van der Waals surface area contributed by atoms with Crippen molar-refractivity contribution in [1.29, 1.82) is 0 Å². The first-order valence-electron chi connectivity index (χ1n) is 8.21. The number of carbonyl (C=O) groups is 1. The Hall–Kier alpha value is -1.47. The van der Waals surface area contributed by atoms with Crippen molar-refractivity contribution in [3.05, 3.63) is 35.4 Å². The second-order valence-corrected chi connectivity index (χ2v) is 6.84. The van der Waals surface area contributed by atoms with Gasteiger partial charge in [-0.2, -0.15) is 0 Å². The second-order valence-electron chi connectivity index (χ2n) is 6.05. The van der Waals surface area contributed by atoms with Crippen molar-refractivity contribution < 1.29 is 18.7 Å². The van der Waals surface area contributed by atoms with Gasteiger partial charge in [-0.15, -0.1) is 0 Å². The quantitative estimate of drug-likeness (QED) is 0.559. The smallest absolute Gasteiger partial charge is 0.270 e. The minimum Gasteiger partial charge on any atom is -0.396 e. The zero-order valence-electron chi connectivity index (χ0n) is 15.1. The number of hydrogen-bond donors (Lipinski definition) is 2. The van der Waals surface area contributed by atoms with Gasteiger partial charge >= 0.3 is 0 Å². The summed E-state index contributed by atoms with van der Waals surface area (Å²) in [6.07, 6.45) is 2.89. The Kier molecular flexibility index (Phi) is 8.52. The van der Waals surface area contributed by atoms with Crippen LogP contribution in [0, 0.1) is 5.92 Å². The lowest BCUT2D eigenvalue weighted by molar-refractivity contribution is -0.123. The van der Waals surface area contributed by atoms with Crippen LogP contribution in [-0.2, 0) is 10.7 Å². The molecule has 0 radical (unpaired) electrons. The standard InChI is InChI=1S/C18H26F2N2O2S/c1-12(8-7-11-23)16(24)22-17(25-4)21-13(2)14-9-5-6-10-15(14)18(3,19)20/h5-6,9-10,12-13,23H,7-8,11H2,1-4H3,(H,21,22,24)/t12?,13-/m0/s1. The van der Waals surface area contributed by atoms with Crippen molar-refractivity contribution in [2.24, 2.45) is 10.9 Å². The number of amidine groups is 1. The summed E-state index contributed by atoms with van der Waals surface area (Å²) >= 11 is 1.26. The summed E-state index contributed by atoms with van der Waals surface area (Å²) in [6, 6.07) is 5.79. The number of hydrogen-bond acceptors (Lipinski definition) is 4. The summed E-state index contributed by atoms with van der Waals surface area (Å²) in [6.45, 7) is 4.41. The molecule has 1 aromatic carbocycles. The first-order chi connectivity index (χ1) is 11.7. The number of nitrogens with one attached hydrogen (secondary N) is 1. The average molecular weight is 372 g/mol. The van der Waals surface area contributed by atoms with Gasteiger partial charge in [-0.1, -0.05) is 43.0 Å². The summed E-state index contributed by atoms with van der Waals surface area (Å²) < 4.78 is 27.6. The van der Waals surface area contributed by atoms with Crippen LogP contribution in [0.3, 0.4) is 0 Å². The molecule has 1 amide bonds. The summed E-state index contributed by atoms with van der Waals surface area (Å²) in [5.74, 6) is -3.41. The van der Waals surface area contributed by atoms with Crippen LogP contribution >= 0.6 is 11.8 Å². The molecule has 0 bridgehead atoms. The summed E-state index contributed by atoms with van der Waals surface area (Å²) in [7, 11) is 0. The molecular weight excluding hydrogens is 346 g/mol. The van der Waals surface area contributed by atoms with Gasteiger partial charge in [-0.05, 0) is 31.6 Å². The maximum absolute atomic E-state index is 13.8. The van der Waals surface area contributed by atoms with Gasteiger partial charge in [0.15, 0.2) is 5.17 Å². The highest BCUT2D eigenvalue weighted by atomic mass is 32.2. The third-order valence-corrected chi connectivity index (χ3v) is 4.46. The van der Waals surface area contributed by atoms with Crippen molar-refractivity contribution in [1.82, 2.24) is 5.32 Å². The summed E-state index contributed by atoms with van der Waals surface area (Å²) in [5.41, 5.74) is 0.374. The van der Waals surface area contributed by atoms with Crippen LogP contribution in [-0.4, -0.2) is 29.0 Å². The normalized spacial score (nSPS) is 14.9. The molecule has 0 spiro atoms. The molecule has 0 saturated carbocycles. The van der Waals surface area contributed by atoms with Gasteiger partial charge in [0.2, 0.25) is 5.91 Å². The van der Waals surface area contributed by atoms with Gasteiger partial charge in [-0.3, -0.25) is 9.79 Å². The molecular formula is C18H26F2N2O2S. The molecule has 25 heavy (non-hydrogen) atoms. The number of aliphatic imine (C=N–C) groups is 1. The van der Waals surface area contributed by atoms with Crippen LogP contribution in [0.5, 0.6) is 0 Å². The number of aliphatic hydroxyl groups is 1. The van der Waals surface area contributed by atoms with E-state index >= 15 is 0 Å². The Bertz CT molecular complexity index is 603. The Morgan fingerprint density at radius 1 is 1.36 bits per heavy atom. The molecule has 1 aromatic rings. The zero-order chi connectivity index (χ0) is 19.0. The van der Waals surface area contributed by atoms with Crippen LogP contribution in [0.25, 0.3) is 0 Å². The highest BCUT2D eigenvalue weighted by Crippen LogP contribution is 2.34. The van der Waals surface area contributed by atoms with E-state index in [0.717, 1.165) is 6.92 Å². The van der Waals surface area contributed by atoms with E-state index in [9.17, 15) is 13.6 Å². The molecule has 4 nitrogen and oxygen atoms in total. The van der Waals surface area contributed by atoms with Gasteiger partial charge in [0.05, 0.1) is 6.04 Å². The lowest BCUT2D eigenvalue weighted by Crippen LogP contribution is -2.33. The van der Waals surface area contributed by atoms with E-state index in [1.807, 2.05) is 0 Å². The molecule has 0 aliphatic heterocycles. The Labute approximate surface area is 152 Å². The molecule has 0 heterocycles. The maximum Gasteiger partial charge on any atom is 0.270 e. The summed E-state index contributed by atoms with van der Waals surface area (Å²) in [4.78, 5) is 16.6. The predicted molar refractivity (Wildman–Crippen MR) is 99.0 cm³/mol. The number of carbonyl (C=O) groups excluding carboxylic acids is 1. The number of aliphatic hydroxyl groups excluding tert-OH is 1. The van der Waals surface area contributed by atoms with E-state index in [1.54, 1.807) is 38.3 Å². The Morgan fingerprint density at radius 3 is 2.56 bits per heavy atom. The van der Waals surface area contributed by atoms with Crippen molar-refractivity contribution in [2.45, 2.75) is 45.6 Å². The van der Waals surface area contributed by atoms with Crippen molar-refractivity contribution in [3.63, 3.8) is 0 Å². The van der Waals surface area contributed by atoms with Gasteiger partial charge < -0.3 is 10.4 Å². The number of halogens is 2. The monoisotopic (exact) mass is 372 g/mol. The molecule has 2 atom stereocenters. The molecule has 0 aliphatic rings. The van der Waals surface area contributed by atoms with E-state index in [4.69, 9.17) is 5.11 Å². The van der Waals surface area contributed by atoms with Gasteiger partial charge in [0, 0.05) is 25.0 Å². The fraction of sp³-hybridized carbons (Fsp3) is 0.556. The molecule has 0 saturated heterocycles. The van der Waals surface area contributed by atoms with E-state index in [2.05, 4.69) is 10.3 Å². The highest BCUT2D eigenvalue weighted by Gasteiger charge is 2.28. The maximum atomic E-state index is 13.8. The molecule has 7 heteroatoms. The van der Waals surface area contributed by atoms with E-state index < -0.39 is 12.0 Å². The fourth-order valence-corrected chi connectivity index (χ4v) is 2.87. The number of alkyl halides is 2. The minimum atomic E-state index is -2.96. The third-order valence-electron chi connectivity index (χ3n) is 3.86. The molecule has 1 unspecified atom stereocenters. The topological polar surface area (TPSA) is 61.7 Å². The molecule has 1 rings (SSSR count). The number of benzene rings is 1.